The standard InChI is InChI=1S/C47H83O14P/c1-3-5-7-9-11-13-15-17-18-19-21-23-25-27-29-33-40(48)57-35-37(36-58-62(55,56)61-47-45(53)43(51)42(50)44(52)46(47)54)59-41(49)34-30-32-39-38(60-39)31-28-26-24-22-20-16-14-12-10-8-6-4-2/h12,14,20,22,26,28,37-39,42-47,50-54H,3-11,13,15-19,21,23-25,27,29-36H2,1-2H3,(H,55,56)/b14-12-,22-20-,28-26-/t37-,38?,39?,42?,43-,44+,45-,46-,47?/m1/s1. The van der Waals surface area contributed by atoms with Crippen molar-refractivity contribution in [3.8, 4) is 0 Å². The second-order valence-electron chi connectivity index (χ2n) is 17.0. The van der Waals surface area contributed by atoms with Gasteiger partial charge in [-0.15, -0.1) is 0 Å². The zero-order valence-electron chi connectivity index (χ0n) is 37.9. The number of aliphatic hydroxyl groups excluding tert-OH is 5. The minimum Gasteiger partial charge on any atom is -0.462 e. The van der Waals surface area contributed by atoms with Crippen molar-refractivity contribution in [1.82, 2.24) is 0 Å². The van der Waals surface area contributed by atoms with E-state index in [0.717, 1.165) is 44.9 Å². The van der Waals surface area contributed by atoms with Crippen LogP contribution in [0.2, 0.25) is 0 Å². The molecule has 2 rings (SSSR count). The third-order valence-corrected chi connectivity index (χ3v) is 12.4. The van der Waals surface area contributed by atoms with E-state index in [4.69, 9.17) is 23.3 Å². The van der Waals surface area contributed by atoms with Gasteiger partial charge in [-0.25, -0.2) is 4.57 Å². The van der Waals surface area contributed by atoms with Crippen LogP contribution in [0.4, 0.5) is 0 Å². The van der Waals surface area contributed by atoms with Crippen LogP contribution in [0, 0.1) is 0 Å². The monoisotopic (exact) mass is 903 g/mol. The minimum atomic E-state index is -5.14. The molecule has 2 aliphatic rings. The van der Waals surface area contributed by atoms with E-state index >= 15 is 0 Å². The zero-order valence-corrected chi connectivity index (χ0v) is 38.8. The SMILES string of the molecule is CCCCC/C=C\C/C=C\C/C=C\CC1OC1CCCC(=O)O[C@H](COC(=O)CCCCCCCCCCCCCCCCC)COP(=O)(O)OC1[C@H](O)[C@H](O)C(O)[C@H](O)[C@H]1O. The molecule has 360 valence electrons. The van der Waals surface area contributed by atoms with Crippen LogP contribution in [-0.4, -0.2) is 111 Å². The molecule has 15 heteroatoms. The first-order valence-electron chi connectivity index (χ1n) is 23.9. The number of phosphoric ester groups is 1. The highest BCUT2D eigenvalue weighted by atomic mass is 31.2. The van der Waals surface area contributed by atoms with Gasteiger partial charge in [0.05, 0.1) is 18.8 Å². The molecule has 0 bridgehead atoms. The highest BCUT2D eigenvalue weighted by Gasteiger charge is 2.51. The first-order valence-corrected chi connectivity index (χ1v) is 25.4. The van der Waals surface area contributed by atoms with Crippen LogP contribution in [0.5, 0.6) is 0 Å². The number of hydrogen-bond acceptors (Lipinski definition) is 13. The molecule has 1 aliphatic heterocycles. The van der Waals surface area contributed by atoms with Crippen LogP contribution >= 0.6 is 7.82 Å². The summed E-state index contributed by atoms with van der Waals surface area (Å²) < 4.78 is 39.3. The number of unbranched alkanes of at least 4 members (excludes halogenated alkanes) is 17. The van der Waals surface area contributed by atoms with Gasteiger partial charge in [-0.1, -0.05) is 153 Å². The zero-order chi connectivity index (χ0) is 45.4. The molecule has 62 heavy (non-hydrogen) atoms. The van der Waals surface area contributed by atoms with Crippen molar-refractivity contribution >= 4 is 19.8 Å². The third kappa shape index (κ3) is 26.1. The Bertz CT molecular complexity index is 1290. The Morgan fingerprint density at radius 3 is 1.65 bits per heavy atom. The van der Waals surface area contributed by atoms with Crippen molar-refractivity contribution in [2.45, 2.75) is 236 Å². The molecule has 0 spiro atoms. The van der Waals surface area contributed by atoms with Crippen LogP contribution < -0.4 is 0 Å². The van der Waals surface area contributed by atoms with E-state index in [1.54, 1.807) is 0 Å². The van der Waals surface area contributed by atoms with E-state index in [-0.39, 0.29) is 25.0 Å². The molecule has 0 radical (unpaired) electrons. The first-order chi connectivity index (χ1) is 29.9. The van der Waals surface area contributed by atoms with Crippen molar-refractivity contribution < 1.29 is 67.8 Å². The summed E-state index contributed by atoms with van der Waals surface area (Å²) in [6, 6.07) is 0. The predicted molar refractivity (Wildman–Crippen MR) is 239 cm³/mol. The molecule has 10 atom stereocenters. The highest BCUT2D eigenvalue weighted by Crippen LogP contribution is 2.47. The van der Waals surface area contributed by atoms with Gasteiger partial charge in [0.15, 0.2) is 6.10 Å². The van der Waals surface area contributed by atoms with Gasteiger partial charge in [-0.3, -0.25) is 18.6 Å². The molecule has 1 saturated heterocycles. The Labute approximate surface area is 372 Å². The summed E-state index contributed by atoms with van der Waals surface area (Å²) in [6.45, 7) is 3.22. The summed E-state index contributed by atoms with van der Waals surface area (Å²) in [4.78, 5) is 35.8. The maximum atomic E-state index is 12.8. The Morgan fingerprint density at radius 2 is 1.06 bits per heavy atom. The lowest BCUT2D eigenvalue weighted by molar-refractivity contribution is -0.220. The fourth-order valence-corrected chi connectivity index (χ4v) is 8.41. The Hall–Kier alpha value is -1.97. The van der Waals surface area contributed by atoms with E-state index in [1.807, 2.05) is 0 Å². The number of rotatable bonds is 38. The summed E-state index contributed by atoms with van der Waals surface area (Å²) in [7, 11) is -5.14. The predicted octanol–water partition coefficient (Wildman–Crippen LogP) is 8.38. The number of ether oxygens (including phenoxy) is 3. The summed E-state index contributed by atoms with van der Waals surface area (Å²) >= 11 is 0. The normalized spacial score (nSPS) is 25.4. The maximum Gasteiger partial charge on any atom is 0.472 e. The number of epoxide rings is 1. The van der Waals surface area contributed by atoms with E-state index in [9.17, 15) is 44.6 Å². The van der Waals surface area contributed by atoms with Crippen LogP contribution in [0.1, 0.15) is 181 Å². The fraction of sp³-hybridized carbons (Fsp3) is 0.830. The first kappa shape index (κ1) is 56.2. The molecular formula is C47H83O14P. The molecule has 0 aromatic carbocycles. The molecule has 1 aliphatic carbocycles. The average molecular weight is 903 g/mol. The van der Waals surface area contributed by atoms with Crippen LogP contribution in [0.3, 0.4) is 0 Å². The smallest absolute Gasteiger partial charge is 0.462 e. The summed E-state index contributed by atoms with van der Waals surface area (Å²) in [6.07, 6.45) is 26.4. The molecule has 2 fully saturated rings. The number of hydrogen-bond donors (Lipinski definition) is 6. The molecule has 14 nitrogen and oxygen atoms in total. The van der Waals surface area contributed by atoms with E-state index < -0.39 is 75.7 Å². The maximum absolute atomic E-state index is 12.8. The lowest BCUT2D eigenvalue weighted by Gasteiger charge is -2.41. The summed E-state index contributed by atoms with van der Waals surface area (Å²) in [5.74, 6) is -1.17. The second-order valence-corrected chi connectivity index (χ2v) is 18.4. The van der Waals surface area contributed by atoms with Gasteiger partial charge in [-0.2, -0.15) is 0 Å². The van der Waals surface area contributed by atoms with Gasteiger partial charge in [-0.05, 0) is 51.4 Å². The van der Waals surface area contributed by atoms with Gasteiger partial charge in [0.2, 0.25) is 0 Å². The molecule has 0 amide bonds. The van der Waals surface area contributed by atoms with Gasteiger partial charge >= 0.3 is 19.8 Å². The van der Waals surface area contributed by atoms with E-state index in [1.165, 1.54) is 89.9 Å². The Kier molecular flexibility index (Phi) is 31.1. The molecule has 0 aromatic heterocycles. The van der Waals surface area contributed by atoms with Crippen molar-refractivity contribution in [3.05, 3.63) is 36.5 Å². The number of carbonyl (C=O) groups excluding carboxylic acids is 2. The van der Waals surface area contributed by atoms with Crippen LogP contribution in [-0.2, 0) is 37.4 Å². The summed E-state index contributed by atoms with van der Waals surface area (Å²) in [5, 5.41) is 50.2. The van der Waals surface area contributed by atoms with Crippen LogP contribution in [0.25, 0.3) is 0 Å². The number of allylic oxidation sites excluding steroid dienone is 5. The highest BCUT2D eigenvalue weighted by molar-refractivity contribution is 7.47. The van der Waals surface area contributed by atoms with Crippen molar-refractivity contribution in [3.63, 3.8) is 0 Å². The molecule has 6 N–H and O–H groups in total. The van der Waals surface area contributed by atoms with Crippen LogP contribution in [0.15, 0.2) is 36.5 Å². The Morgan fingerprint density at radius 1 is 0.581 bits per heavy atom. The number of aliphatic hydroxyl groups is 5. The molecule has 1 heterocycles. The van der Waals surface area contributed by atoms with E-state index in [0.29, 0.717) is 19.3 Å². The lowest BCUT2D eigenvalue weighted by Crippen LogP contribution is -2.64. The summed E-state index contributed by atoms with van der Waals surface area (Å²) in [5.41, 5.74) is 0. The molecule has 1 saturated carbocycles. The van der Waals surface area contributed by atoms with Gasteiger partial charge < -0.3 is 44.6 Å². The quantitative estimate of drug-likeness (QED) is 0.0113. The van der Waals surface area contributed by atoms with Crippen molar-refractivity contribution in [1.29, 1.82) is 0 Å². The van der Waals surface area contributed by atoms with Crippen molar-refractivity contribution in [2.75, 3.05) is 13.2 Å². The number of carbonyl (C=O) groups is 2. The average Bonchev–Trinajstić information content (AvgIpc) is 4.01. The Balaban J connectivity index is 1.73. The fourth-order valence-electron chi connectivity index (χ4n) is 7.43. The lowest BCUT2D eigenvalue weighted by atomic mass is 9.85. The third-order valence-electron chi connectivity index (χ3n) is 11.4. The molecule has 5 unspecified atom stereocenters. The second kappa shape index (κ2) is 34.4. The topological polar surface area (TPSA) is 222 Å². The number of phosphoric acid groups is 1. The van der Waals surface area contributed by atoms with E-state index in [2.05, 4.69) is 50.3 Å². The van der Waals surface area contributed by atoms with Gasteiger partial charge in [0.25, 0.3) is 0 Å². The minimum absolute atomic E-state index is 0.00961. The van der Waals surface area contributed by atoms with Crippen molar-refractivity contribution in [2.24, 2.45) is 0 Å². The molecular weight excluding hydrogens is 819 g/mol. The molecule has 0 aromatic rings. The largest absolute Gasteiger partial charge is 0.472 e. The van der Waals surface area contributed by atoms with Gasteiger partial charge in [0, 0.05) is 12.8 Å². The van der Waals surface area contributed by atoms with Gasteiger partial charge in [0.1, 0.15) is 43.2 Å². The number of esters is 2.